The van der Waals surface area contributed by atoms with Crippen molar-refractivity contribution >= 4 is 30.1 Å². The third-order valence-electron chi connectivity index (χ3n) is 4.46. The Morgan fingerprint density at radius 3 is 1.97 bits per heavy atom. The maximum atomic E-state index is 11.9. The lowest BCUT2D eigenvalue weighted by Crippen LogP contribution is -2.61. The first kappa shape index (κ1) is 25.8. The maximum absolute atomic E-state index is 11.9. The summed E-state index contributed by atoms with van der Waals surface area (Å²) in [6.07, 6.45) is -3.31. The van der Waals surface area contributed by atoms with Gasteiger partial charge in [-0.05, 0) is 29.8 Å². The first-order chi connectivity index (χ1) is 15.6. The van der Waals surface area contributed by atoms with Gasteiger partial charge in [-0.3, -0.25) is 24.2 Å². The third kappa shape index (κ3) is 7.86. The molecule has 1 aliphatic heterocycles. The summed E-state index contributed by atoms with van der Waals surface area (Å²) in [7, 11) is 1.54. The first-order valence-electron chi connectivity index (χ1n) is 10.1. The second-order valence-corrected chi connectivity index (χ2v) is 7.14. The fourth-order valence-electron chi connectivity index (χ4n) is 3.17. The van der Waals surface area contributed by atoms with Crippen molar-refractivity contribution in [3.8, 4) is 5.75 Å². The molecule has 1 aliphatic rings. The standard InChI is InChI=1S/C22H27NO10/c1-12(24)29-11-18-20(30-13(2)25)21(31-14(3)26)19(22(33-18)32-15(4)27)23-10-16-6-8-17(28-5)9-7-16/h6-10,18-22H,11H2,1-5H3/t18-,19-,20+,21-,22-/m1/s1. The Labute approximate surface area is 190 Å². The zero-order valence-corrected chi connectivity index (χ0v) is 19.0. The highest BCUT2D eigenvalue weighted by Gasteiger charge is 2.51. The van der Waals surface area contributed by atoms with E-state index in [4.69, 9.17) is 28.4 Å². The van der Waals surface area contributed by atoms with Gasteiger partial charge in [0, 0.05) is 33.9 Å². The molecule has 33 heavy (non-hydrogen) atoms. The molecular weight excluding hydrogens is 438 g/mol. The quantitative estimate of drug-likeness (QED) is 0.313. The molecule has 5 atom stereocenters. The molecule has 1 fully saturated rings. The molecule has 0 radical (unpaired) electrons. The van der Waals surface area contributed by atoms with Crippen molar-refractivity contribution in [2.75, 3.05) is 13.7 Å². The number of esters is 4. The van der Waals surface area contributed by atoms with Gasteiger partial charge in [0.1, 0.15) is 18.5 Å². The number of hydrogen-bond donors (Lipinski definition) is 0. The van der Waals surface area contributed by atoms with Gasteiger partial charge in [0.05, 0.1) is 7.11 Å². The Bertz CT molecular complexity index is 882. The van der Waals surface area contributed by atoms with Gasteiger partial charge in [-0.15, -0.1) is 0 Å². The lowest BCUT2D eigenvalue weighted by Gasteiger charge is -2.42. The van der Waals surface area contributed by atoms with Crippen LogP contribution in [0, 0.1) is 0 Å². The fraction of sp³-hybridized carbons (Fsp3) is 0.500. The van der Waals surface area contributed by atoms with Crippen LogP contribution in [-0.4, -0.2) is 74.5 Å². The second kappa shape index (κ2) is 12.0. The number of benzene rings is 1. The fourth-order valence-corrected chi connectivity index (χ4v) is 3.17. The van der Waals surface area contributed by atoms with Crippen molar-refractivity contribution in [2.45, 2.75) is 58.3 Å². The van der Waals surface area contributed by atoms with Crippen molar-refractivity contribution in [3.63, 3.8) is 0 Å². The summed E-state index contributed by atoms with van der Waals surface area (Å²) < 4.78 is 32.0. The molecular formula is C22H27NO10. The van der Waals surface area contributed by atoms with E-state index < -0.39 is 54.5 Å². The summed E-state index contributed by atoms with van der Waals surface area (Å²) in [4.78, 5) is 51.1. The van der Waals surface area contributed by atoms with Crippen molar-refractivity contribution in [2.24, 2.45) is 4.99 Å². The Kier molecular flexibility index (Phi) is 9.34. The highest BCUT2D eigenvalue weighted by atomic mass is 16.7. The minimum Gasteiger partial charge on any atom is -0.497 e. The van der Waals surface area contributed by atoms with E-state index in [2.05, 4.69) is 4.99 Å². The van der Waals surface area contributed by atoms with Crippen LogP contribution in [0.4, 0.5) is 0 Å². The smallest absolute Gasteiger partial charge is 0.305 e. The molecule has 0 unspecified atom stereocenters. The Morgan fingerprint density at radius 2 is 1.45 bits per heavy atom. The van der Waals surface area contributed by atoms with Gasteiger partial charge in [0.15, 0.2) is 18.2 Å². The van der Waals surface area contributed by atoms with Crippen molar-refractivity contribution in [1.29, 1.82) is 0 Å². The molecule has 0 saturated carbocycles. The van der Waals surface area contributed by atoms with E-state index in [1.54, 1.807) is 24.3 Å². The van der Waals surface area contributed by atoms with E-state index in [0.717, 1.165) is 0 Å². The molecule has 11 heteroatoms. The van der Waals surface area contributed by atoms with Gasteiger partial charge in [-0.25, -0.2) is 0 Å². The monoisotopic (exact) mass is 465 g/mol. The maximum Gasteiger partial charge on any atom is 0.305 e. The number of ether oxygens (including phenoxy) is 6. The number of rotatable bonds is 8. The van der Waals surface area contributed by atoms with Crippen molar-refractivity contribution in [1.82, 2.24) is 0 Å². The van der Waals surface area contributed by atoms with Crippen LogP contribution in [0.25, 0.3) is 0 Å². The lowest BCUT2D eigenvalue weighted by atomic mass is 9.96. The van der Waals surface area contributed by atoms with E-state index in [-0.39, 0.29) is 6.61 Å². The lowest BCUT2D eigenvalue weighted by molar-refractivity contribution is -0.266. The molecule has 0 N–H and O–H groups in total. The molecule has 0 aliphatic carbocycles. The number of aliphatic imine (C=N–C) groups is 1. The number of methoxy groups -OCH3 is 1. The molecule has 1 aromatic carbocycles. The molecule has 180 valence electrons. The predicted molar refractivity (Wildman–Crippen MR) is 113 cm³/mol. The van der Waals surface area contributed by atoms with Gasteiger partial charge < -0.3 is 28.4 Å². The molecule has 0 bridgehead atoms. The SMILES string of the molecule is COc1ccc(C=N[C@H]2[C@H](OC(C)=O)O[C@H](COC(C)=O)[C@H](OC(C)=O)[C@@H]2OC(C)=O)cc1. The zero-order chi connectivity index (χ0) is 24.5. The zero-order valence-electron chi connectivity index (χ0n) is 19.0. The number of carbonyl (C=O) groups is 4. The second-order valence-electron chi connectivity index (χ2n) is 7.14. The van der Waals surface area contributed by atoms with Gasteiger partial charge in [-0.1, -0.05) is 0 Å². The number of nitrogens with zero attached hydrogens (tertiary/aromatic N) is 1. The average molecular weight is 465 g/mol. The van der Waals surface area contributed by atoms with Crippen LogP contribution in [0.1, 0.15) is 33.3 Å². The summed E-state index contributed by atoms with van der Waals surface area (Å²) in [6, 6.07) is 5.84. The Balaban J connectivity index is 2.45. The van der Waals surface area contributed by atoms with Gasteiger partial charge in [0.2, 0.25) is 6.29 Å². The summed E-state index contributed by atoms with van der Waals surface area (Å²) in [6.45, 7) is 4.37. The van der Waals surface area contributed by atoms with Crippen LogP contribution < -0.4 is 4.74 Å². The van der Waals surface area contributed by atoms with Crippen LogP contribution in [0.2, 0.25) is 0 Å². The molecule has 11 nitrogen and oxygen atoms in total. The van der Waals surface area contributed by atoms with E-state index in [0.29, 0.717) is 11.3 Å². The van der Waals surface area contributed by atoms with Crippen LogP contribution in [0.3, 0.4) is 0 Å². The highest BCUT2D eigenvalue weighted by molar-refractivity contribution is 5.80. The number of carbonyl (C=O) groups excluding carboxylic acids is 4. The minimum atomic E-state index is -1.31. The van der Waals surface area contributed by atoms with Crippen LogP contribution in [-0.2, 0) is 42.9 Å². The molecule has 0 aromatic heterocycles. The summed E-state index contributed by atoms with van der Waals surface area (Å²) in [5.74, 6) is -2.00. The molecule has 1 heterocycles. The van der Waals surface area contributed by atoms with Crippen LogP contribution >= 0.6 is 0 Å². The largest absolute Gasteiger partial charge is 0.497 e. The summed E-state index contributed by atoms with van der Waals surface area (Å²) >= 11 is 0. The molecule has 1 saturated heterocycles. The average Bonchev–Trinajstić information content (AvgIpc) is 2.73. The molecule has 2 rings (SSSR count). The van der Waals surface area contributed by atoms with Crippen LogP contribution in [0.15, 0.2) is 29.3 Å². The summed E-state index contributed by atoms with van der Waals surface area (Å²) in [5, 5.41) is 0. The van der Waals surface area contributed by atoms with Crippen molar-refractivity contribution in [3.05, 3.63) is 29.8 Å². The molecule has 1 aromatic rings. The summed E-state index contributed by atoms with van der Waals surface area (Å²) in [5.41, 5.74) is 0.671. The van der Waals surface area contributed by atoms with Gasteiger partial charge in [-0.2, -0.15) is 0 Å². The minimum absolute atomic E-state index is 0.336. The van der Waals surface area contributed by atoms with E-state index in [9.17, 15) is 19.2 Å². The first-order valence-corrected chi connectivity index (χ1v) is 10.1. The Morgan fingerprint density at radius 1 is 0.879 bits per heavy atom. The normalized spacial score (nSPS) is 24.6. The van der Waals surface area contributed by atoms with Gasteiger partial charge >= 0.3 is 23.9 Å². The predicted octanol–water partition coefficient (Wildman–Crippen LogP) is 1.20. The van der Waals surface area contributed by atoms with E-state index in [1.807, 2.05) is 0 Å². The molecule has 0 amide bonds. The third-order valence-corrected chi connectivity index (χ3v) is 4.46. The Hall–Kier alpha value is -3.47. The highest BCUT2D eigenvalue weighted by Crippen LogP contribution is 2.30. The van der Waals surface area contributed by atoms with E-state index in [1.165, 1.54) is 41.0 Å². The topological polar surface area (TPSA) is 136 Å². The van der Waals surface area contributed by atoms with E-state index >= 15 is 0 Å². The molecule has 0 spiro atoms. The van der Waals surface area contributed by atoms with Crippen LogP contribution in [0.5, 0.6) is 5.75 Å². The van der Waals surface area contributed by atoms with Gasteiger partial charge in [0.25, 0.3) is 0 Å². The van der Waals surface area contributed by atoms with Crippen molar-refractivity contribution < 1.29 is 47.6 Å². The number of hydrogen-bond acceptors (Lipinski definition) is 11.